The van der Waals surface area contributed by atoms with Gasteiger partial charge >= 0.3 is 0 Å². The zero-order valence-corrected chi connectivity index (χ0v) is 12.6. The van der Waals surface area contributed by atoms with Crippen LogP contribution in [0.15, 0.2) is 53.1 Å². The zero-order valence-electron chi connectivity index (χ0n) is 12.6. The first-order valence-electron chi connectivity index (χ1n) is 7.17. The Hall–Kier alpha value is -2.67. The highest BCUT2D eigenvalue weighted by Gasteiger charge is 2.29. The van der Waals surface area contributed by atoms with Gasteiger partial charge in [0.05, 0.1) is 12.3 Å². The molecule has 23 heavy (non-hydrogen) atoms. The second-order valence-corrected chi connectivity index (χ2v) is 5.06. The number of ether oxygens (including phenoxy) is 1. The Balaban J connectivity index is 2.26. The SMILES string of the molecule is C[C@H](NC=O)[C@H](O[C@@H](C[N+](=O)[O-])c1ccco1)c1ccccc1. The van der Waals surface area contributed by atoms with Gasteiger partial charge < -0.3 is 14.5 Å². The van der Waals surface area contributed by atoms with Crippen molar-refractivity contribution in [2.45, 2.75) is 25.2 Å². The molecule has 1 aromatic carbocycles. The summed E-state index contributed by atoms with van der Waals surface area (Å²) < 4.78 is 11.2. The Morgan fingerprint density at radius 1 is 1.30 bits per heavy atom. The minimum atomic E-state index is -0.846. The molecule has 1 heterocycles. The number of nitro groups is 1. The van der Waals surface area contributed by atoms with Gasteiger partial charge in [0.15, 0.2) is 6.10 Å². The van der Waals surface area contributed by atoms with Gasteiger partial charge in [-0.15, -0.1) is 0 Å². The Kier molecular flexibility index (Phi) is 5.87. The van der Waals surface area contributed by atoms with Crippen molar-refractivity contribution in [3.05, 3.63) is 70.2 Å². The number of furan rings is 1. The number of hydrogen-bond acceptors (Lipinski definition) is 5. The topological polar surface area (TPSA) is 94.6 Å². The average Bonchev–Trinajstić information content (AvgIpc) is 3.06. The summed E-state index contributed by atoms with van der Waals surface area (Å²) in [4.78, 5) is 21.2. The first-order valence-corrected chi connectivity index (χ1v) is 7.17. The molecule has 0 fully saturated rings. The van der Waals surface area contributed by atoms with E-state index in [9.17, 15) is 14.9 Å². The third kappa shape index (κ3) is 4.65. The number of hydrogen-bond donors (Lipinski definition) is 1. The quantitative estimate of drug-likeness (QED) is 0.435. The molecule has 0 spiro atoms. The van der Waals surface area contributed by atoms with Gasteiger partial charge in [-0.25, -0.2) is 0 Å². The van der Waals surface area contributed by atoms with E-state index < -0.39 is 23.7 Å². The van der Waals surface area contributed by atoms with Gasteiger partial charge in [-0.05, 0) is 24.6 Å². The molecule has 2 aromatic rings. The lowest BCUT2D eigenvalue weighted by atomic mass is 10.0. The van der Waals surface area contributed by atoms with Crippen LogP contribution in [0.1, 0.15) is 30.5 Å². The minimum absolute atomic E-state index is 0.362. The molecule has 0 radical (unpaired) electrons. The summed E-state index contributed by atoms with van der Waals surface area (Å²) in [5, 5.41) is 13.6. The maximum Gasteiger partial charge on any atom is 0.237 e. The first-order chi connectivity index (χ1) is 11.1. The van der Waals surface area contributed by atoms with Crippen molar-refractivity contribution in [1.29, 1.82) is 0 Å². The fourth-order valence-electron chi connectivity index (χ4n) is 2.31. The monoisotopic (exact) mass is 318 g/mol. The van der Waals surface area contributed by atoms with Crippen LogP contribution in [0.5, 0.6) is 0 Å². The van der Waals surface area contributed by atoms with E-state index in [1.165, 1.54) is 6.26 Å². The zero-order chi connectivity index (χ0) is 16.7. The smallest absolute Gasteiger partial charge is 0.237 e. The summed E-state index contributed by atoms with van der Waals surface area (Å²) in [6.07, 6.45) is 0.632. The van der Waals surface area contributed by atoms with Gasteiger partial charge in [-0.3, -0.25) is 14.9 Å². The number of amides is 1. The lowest BCUT2D eigenvalue weighted by Gasteiger charge is -2.27. The van der Waals surface area contributed by atoms with Gasteiger partial charge in [-0.2, -0.15) is 0 Å². The van der Waals surface area contributed by atoms with Crippen LogP contribution in [0, 0.1) is 10.1 Å². The van der Waals surface area contributed by atoms with Crippen LogP contribution in [0.25, 0.3) is 0 Å². The number of rotatable bonds is 9. The molecule has 1 aromatic heterocycles. The summed E-state index contributed by atoms with van der Waals surface area (Å²) in [7, 11) is 0. The average molecular weight is 318 g/mol. The molecule has 3 atom stereocenters. The van der Waals surface area contributed by atoms with Gasteiger partial charge in [-0.1, -0.05) is 30.3 Å². The number of benzene rings is 1. The van der Waals surface area contributed by atoms with E-state index in [-0.39, 0.29) is 6.04 Å². The number of nitrogens with one attached hydrogen (secondary N) is 1. The van der Waals surface area contributed by atoms with Gasteiger partial charge in [0.25, 0.3) is 0 Å². The number of nitrogens with zero attached hydrogens (tertiary/aromatic N) is 1. The second-order valence-electron chi connectivity index (χ2n) is 5.06. The van der Waals surface area contributed by atoms with Crippen molar-refractivity contribution in [2.24, 2.45) is 0 Å². The van der Waals surface area contributed by atoms with Crippen LogP contribution >= 0.6 is 0 Å². The van der Waals surface area contributed by atoms with Crippen molar-refractivity contribution < 1.29 is 18.9 Å². The maximum atomic E-state index is 10.9. The molecule has 2 rings (SSSR count). The van der Waals surface area contributed by atoms with Crippen molar-refractivity contribution >= 4 is 6.41 Å². The van der Waals surface area contributed by atoms with E-state index in [1.54, 1.807) is 19.1 Å². The van der Waals surface area contributed by atoms with Crippen LogP contribution in [0.4, 0.5) is 0 Å². The summed E-state index contributed by atoms with van der Waals surface area (Å²) in [5.74, 6) is 0.376. The maximum absolute atomic E-state index is 10.9. The van der Waals surface area contributed by atoms with Crippen molar-refractivity contribution in [1.82, 2.24) is 5.32 Å². The predicted octanol–water partition coefficient (Wildman–Crippen LogP) is 2.49. The molecule has 122 valence electrons. The molecule has 1 N–H and O–H groups in total. The van der Waals surface area contributed by atoms with Crippen molar-refractivity contribution in [3.8, 4) is 0 Å². The first kappa shape index (κ1) is 16.7. The lowest BCUT2D eigenvalue weighted by molar-refractivity contribution is -0.494. The molecule has 0 bridgehead atoms. The fraction of sp³-hybridized carbons (Fsp3) is 0.312. The summed E-state index contributed by atoms with van der Waals surface area (Å²) >= 11 is 0. The predicted molar refractivity (Wildman–Crippen MR) is 82.2 cm³/mol. The molecular weight excluding hydrogens is 300 g/mol. The van der Waals surface area contributed by atoms with Crippen LogP contribution in [0.3, 0.4) is 0 Å². The molecule has 7 nitrogen and oxygen atoms in total. The standard InChI is InChI=1S/C16H18N2O5/c1-12(17-11-19)16(13-6-3-2-4-7-13)23-15(10-18(20)21)14-8-5-9-22-14/h2-9,11-12,15-16H,10H2,1H3,(H,17,19)/t12-,15-,16-/m0/s1. The van der Waals surface area contributed by atoms with Gasteiger partial charge in [0.2, 0.25) is 13.0 Å². The molecule has 0 aliphatic carbocycles. The normalized spacial score (nSPS) is 14.7. The van der Waals surface area contributed by atoms with Gasteiger partial charge in [0, 0.05) is 4.92 Å². The second kappa shape index (κ2) is 8.09. The lowest BCUT2D eigenvalue weighted by Crippen LogP contribution is -2.34. The summed E-state index contributed by atoms with van der Waals surface area (Å²) in [5.41, 5.74) is 0.814. The summed E-state index contributed by atoms with van der Waals surface area (Å²) in [6.45, 7) is 1.35. The molecule has 0 unspecified atom stereocenters. The Morgan fingerprint density at radius 3 is 2.61 bits per heavy atom. The highest BCUT2D eigenvalue weighted by atomic mass is 16.6. The molecule has 0 saturated heterocycles. The van der Waals surface area contributed by atoms with Crippen LogP contribution in [0.2, 0.25) is 0 Å². The molecule has 0 aliphatic heterocycles. The van der Waals surface area contributed by atoms with E-state index in [4.69, 9.17) is 9.15 Å². The van der Waals surface area contributed by atoms with Crippen molar-refractivity contribution in [3.63, 3.8) is 0 Å². The largest absolute Gasteiger partial charge is 0.466 e. The highest BCUT2D eigenvalue weighted by molar-refractivity contribution is 5.47. The molecule has 7 heteroatoms. The Labute approximate surface area is 133 Å². The molecule has 0 aliphatic rings. The summed E-state index contributed by atoms with van der Waals surface area (Å²) in [6, 6.07) is 12.2. The van der Waals surface area contributed by atoms with Crippen molar-refractivity contribution in [2.75, 3.05) is 6.54 Å². The highest BCUT2D eigenvalue weighted by Crippen LogP contribution is 2.29. The fourth-order valence-corrected chi connectivity index (χ4v) is 2.31. The minimum Gasteiger partial charge on any atom is -0.466 e. The number of carbonyl (C=O) groups excluding carboxylic acids is 1. The third-order valence-electron chi connectivity index (χ3n) is 3.40. The van der Waals surface area contributed by atoms with Gasteiger partial charge in [0.1, 0.15) is 11.9 Å². The van der Waals surface area contributed by atoms with E-state index in [2.05, 4.69) is 5.32 Å². The van der Waals surface area contributed by atoms with E-state index in [0.717, 1.165) is 5.56 Å². The molecule has 0 saturated carbocycles. The van der Waals surface area contributed by atoms with E-state index in [1.807, 2.05) is 30.3 Å². The number of carbonyl (C=O) groups is 1. The van der Waals surface area contributed by atoms with E-state index >= 15 is 0 Å². The van der Waals surface area contributed by atoms with Crippen LogP contribution in [-0.4, -0.2) is 23.9 Å². The Bertz CT molecular complexity index is 615. The third-order valence-corrected chi connectivity index (χ3v) is 3.40. The van der Waals surface area contributed by atoms with E-state index in [0.29, 0.717) is 12.2 Å². The Morgan fingerprint density at radius 2 is 2.04 bits per heavy atom. The molecule has 1 amide bonds. The molecular formula is C16H18N2O5. The van der Waals surface area contributed by atoms with Crippen LogP contribution in [-0.2, 0) is 9.53 Å². The van der Waals surface area contributed by atoms with Crippen LogP contribution < -0.4 is 5.32 Å².